The Hall–Kier alpha value is -1.84. The van der Waals surface area contributed by atoms with Gasteiger partial charge in [0, 0.05) is 0 Å². The van der Waals surface area contributed by atoms with Crippen molar-refractivity contribution in [2.45, 2.75) is 26.4 Å². The molecular formula is C12H14O4. The molecule has 1 aromatic rings. The van der Waals surface area contributed by atoms with Gasteiger partial charge in [-0.3, -0.25) is 4.79 Å². The third-order valence-corrected chi connectivity index (χ3v) is 1.80. The van der Waals surface area contributed by atoms with E-state index in [1.54, 1.807) is 0 Å². The molecule has 0 fully saturated rings. The Morgan fingerprint density at radius 2 is 2.00 bits per heavy atom. The first kappa shape index (κ1) is 12.2. The number of aldehydes is 1. The maximum atomic E-state index is 10.8. The second-order valence-corrected chi connectivity index (χ2v) is 4.39. The van der Waals surface area contributed by atoms with Crippen molar-refractivity contribution in [1.29, 1.82) is 0 Å². The molecule has 0 aliphatic heterocycles. The van der Waals surface area contributed by atoms with Crippen molar-refractivity contribution in [3.05, 3.63) is 29.3 Å². The van der Waals surface area contributed by atoms with Gasteiger partial charge in [0.15, 0.2) is 6.29 Å². The maximum Gasteiger partial charge on any atom is 0.335 e. The lowest BCUT2D eigenvalue weighted by atomic mass is 10.1. The van der Waals surface area contributed by atoms with Gasteiger partial charge in [-0.1, -0.05) is 0 Å². The van der Waals surface area contributed by atoms with E-state index in [-0.39, 0.29) is 11.1 Å². The van der Waals surface area contributed by atoms with Gasteiger partial charge >= 0.3 is 5.97 Å². The van der Waals surface area contributed by atoms with Crippen LogP contribution >= 0.6 is 0 Å². The van der Waals surface area contributed by atoms with E-state index >= 15 is 0 Å². The van der Waals surface area contributed by atoms with Gasteiger partial charge < -0.3 is 9.84 Å². The van der Waals surface area contributed by atoms with Crippen molar-refractivity contribution in [1.82, 2.24) is 0 Å². The monoisotopic (exact) mass is 222 g/mol. The molecule has 0 atom stereocenters. The average molecular weight is 222 g/mol. The van der Waals surface area contributed by atoms with Crippen LogP contribution in [-0.2, 0) is 0 Å². The molecule has 0 radical (unpaired) electrons. The van der Waals surface area contributed by atoms with Crippen molar-refractivity contribution in [3.63, 3.8) is 0 Å². The second-order valence-electron chi connectivity index (χ2n) is 4.39. The topological polar surface area (TPSA) is 63.6 Å². The molecule has 0 bridgehead atoms. The lowest BCUT2D eigenvalue weighted by Gasteiger charge is -2.22. The Labute approximate surface area is 93.9 Å². The van der Waals surface area contributed by atoms with Gasteiger partial charge in [-0.05, 0) is 39.0 Å². The SMILES string of the molecule is CC(C)(C)Oc1ccc(C(=O)O)cc1C=O. The number of benzene rings is 1. The average Bonchev–Trinajstić information content (AvgIpc) is 2.15. The zero-order chi connectivity index (χ0) is 12.3. The van der Waals surface area contributed by atoms with Gasteiger partial charge in [0.2, 0.25) is 0 Å². The van der Waals surface area contributed by atoms with Crippen molar-refractivity contribution < 1.29 is 19.4 Å². The number of hydrogen-bond acceptors (Lipinski definition) is 3. The molecule has 1 rings (SSSR count). The van der Waals surface area contributed by atoms with Gasteiger partial charge in [0.05, 0.1) is 11.1 Å². The van der Waals surface area contributed by atoms with E-state index in [1.165, 1.54) is 18.2 Å². The number of aromatic carboxylic acids is 1. The summed E-state index contributed by atoms with van der Waals surface area (Å²) in [6.45, 7) is 5.56. The number of carboxylic acid groups (broad SMARTS) is 1. The smallest absolute Gasteiger partial charge is 0.335 e. The molecule has 16 heavy (non-hydrogen) atoms. The minimum atomic E-state index is -1.06. The van der Waals surface area contributed by atoms with Crippen LogP contribution in [0.15, 0.2) is 18.2 Å². The summed E-state index contributed by atoms with van der Waals surface area (Å²) in [6.07, 6.45) is 0.591. The highest BCUT2D eigenvalue weighted by molar-refractivity contribution is 5.91. The van der Waals surface area contributed by atoms with Crippen LogP contribution in [0.25, 0.3) is 0 Å². The first-order valence-corrected chi connectivity index (χ1v) is 4.85. The number of carbonyl (C=O) groups excluding carboxylic acids is 1. The van der Waals surface area contributed by atoms with Gasteiger partial charge in [-0.15, -0.1) is 0 Å². The first-order chi connectivity index (χ1) is 7.33. The number of ether oxygens (including phenoxy) is 1. The van der Waals surface area contributed by atoms with E-state index < -0.39 is 11.6 Å². The van der Waals surface area contributed by atoms with Crippen LogP contribution in [0.3, 0.4) is 0 Å². The van der Waals surface area contributed by atoms with E-state index in [9.17, 15) is 9.59 Å². The second kappa shape index (κ2) is 4.35. The largest absolute Gasteiger partial charge is 0.487 e. The summed E-state index contributed by atoms with van der Waals surface area (Å²) < 4.78 is 5.53. The van der Waals surface area contributed by atoms with Crippen molar-refractivity contribution in [2.75, 3.05) is 0 Å². The number of carbonyl (C=O) groups is 2. The van der Waals surface area contributed by atoms with Crippen molar-refractivity contribution in [2.24, 2.45) is 0 Å². The van der Waals surface area contributed by atoms with Gasteiger partial charge in [-0.2, -0.15) is 0 Å². The molecule has 0 aromatic heterocycles. The lowest BCUT2D eigenvalue weighted by Crippen LogP contribution is -2.23. The standard InChI is InChI=1S/C12H14O4/c1-12(2,3)16-10-5-4-8(11(14)15)6-9(10)7-13/h4-7H,1-3H3,(H,14,15). The molecule has 0 spiro atoms. The van der Waals surface area contributed by atoms with Gasteiger partial charge in [0.25, 0.3) is 0 Å². The highest BCUT2D eigenvalue weighted by atomic mass is 16.5. The Morgan fingerprint density at radius 3 is 2.44 bits per heavy atom. The van der Waals surface area contributed by atoms with Crippen LogP contribution in [0.5, 0.6) is 5.75 Å². The fourth-order valence-corrected chi connectivity index (χ4v) is 1.20. The van der Waals surface area contributed by atoms with E-state index in [1.807, 2.05) is 20.8 Å². The number of hydrogen-bond donors (Lipinski definition) is 1. The van der Waals surface area contributed by atoms with Crippen molar-refractivity contribution >= 4 is 12.3 Å². The molecule has 1 N–H and O–H groups in total. The summed E-state index contributed by atoms with van der Waals surface area (Å²) in [6, 6.07) is 4.21. The molecule has 86 valence electrons. The molecule has 0 aliphatic carbocycles. The van der Waals surface area contributed by atoms with Crippen molar-refractivity contribution in [3.8, 4) is 5.75 Å². The first-order valence-electron chi connectivity index (χ1n) is 4.85. The Morgan fingerprint density at radius 1 is 1.38 bits per heavy atom. The van der Waals surface area contributed by atoms with E-state index in [0.29, 0.717) is 12.0 Å². The molecule has 0 unspecified atom stereocenters. The molecule has 0 saturated heterocycles. The number of rotatable bonds is 3. The fourth-order valence-electron chi connectivity index (χ4n) is 1.20. The quantitative estimate of drug-likeness (QED) is 0.797. The summed E-state index contributed by atoms with van der Waals surface area (Å²) in [7, 11) is 0. The van der Waals surface area contributed by atoms with E-state index in [0.717, 1.165) is 0 Å². The number of carboxylic acids is 1. The summed E-state index contributed by atoms with van der Waals surface area (Å²) in [5, 5.41) is 8.77. The Bertz CT molecular complexity index is 416. The normalized spacial score (nSPS) is 10.9. The van der Waals surface area contributed by atoms with Crippen LogP contribution in [0.2, 0.25) is 0 Å². The molecule has 1 aromatic carbocycles. The predicted molar refractivity (Wildman–Crippen MR) is 59.2 cm³/mol. The molecule has 0 amide bonds. The minimum Gasteiger partial charge on any atom is -0.487 e. The van der Waals surface area contributed by atoms with Crippen LogP contribution in [0, 0.1) is 0 Å². The minimum absolute atomic E-state index is 0.0726. The van der Waals surface area contributed by atoms with Gasteiger partial charge in [-0.25, -0.2) is 4.79 Å². The van der Waals surface area contributed by atoms with Crippen LogP contribution < -0.4 is 4.74 Å². The molecule has 0 saturated carbocycles. The van der Waals surface area contributed by atoms with Crippen LogP contribution in [-0.4, -0.2) is 23.0 Å². The Balaban J connectivity index is 3.12. The van der Waals surface area contributed by atoms with E-state index in [4.69, 9.17) is 9.84 Å². The summed E-state index contributed by atoms with van der Waals surface area (Å²) >= 11 is 0. The molecule has 4 heteroatoms. The van der Waals surface area contributed by atoms with Gasteiger partial charge in [0.1, 0.15) is 11.4 Å². The summed E-state index contributed by atoms with van der Waals surface area (Å²) in [4.78, 5) is 21.5. The molecule has 4 nitrogen and oxygen atoms in total. The highest BCUT2D eigenvalue weighted by Crippen LogP contribution is 2.23. The predicted octanol–water partition coefficient (Wildman–Crippen LogP) is 2.37. The molecule has 0 aliphatic rings. The van der Waals surface area contributed by atoms with Crippen LogP contribution in [0.4, 0.5) is 0 Å². The fraction of sp³-hybridized carbons (Fsp3) is 0.333. The summed E-state index contributed by atoms with van der Waals surface area (Å²) in [5.41, 5.74) is -0.110. The lowest BCUT2D eigenvalue weighted by molar-refractivity contribution is 0.0697. The molecule has 0 heterocycles. The Kier molecular flexibility index (Phi) is 3.32. The van der Waals surface area contributed by atoms with Crippen LogP contribution in [0.1, 0.15) is 41.5 Å². The zero-order valence-electron chi connectivity index (χ0n) is 9.48. The zero-order valence-corrected chi connectivity index (χ0v) is 9.48. The molecular weight excluding hydrogens is 208 g/mol. The van der Waals surface area contributed by atoms with E-state index in [2.05, 4.69) is 0 Å². The third-order valence-electron chi connectivity index (χ3n) is 1.80. The summed E-state index contributed by atoms with van der Waals surface area (Å²) in [5.74, 6) is -0.669. The third kappa shape index (κ3) is 3.08. The highest BCUT2D eigenvalue weighted by Gasteiger charge is 2.15. The maximum absolute atomic E-state index is 10.8.